The minimum absolute atomic E-state index is 0.368. The van der Waals surface area contributed by atoms with Gasteiger partial charge in [0.2, 0.25) is 4.77 Å². The van der Waals surface area contributed by atoms with Crippen molar-refractivity contribution in [3.05, 3.63) is 40.8 Å². The summed E-state index contributed by atoms with van der Waals surface area (Å²) in [5.74, 6) is 0.641. The van der Waals surface area contributed by atoms with Crippen molar-refractivity contribution in [2.24, 2.45) is 0 Å². The van der Waals surface area contributed by atoms with Crippen LogP contribution in [0.2, 0.25) is 0 Å². The van der Waals surface area contributed by atoms with E-state index in [9.17, 15) is 0 Å². The highest BCUT2D eigenvalue weighted by Gasteiger charge is 1.95. The molecule has 0 saturated heterocycles. The van der Waals surface area contributed by atoms with E-state index in [0.717, 1.165) is 5.69 Å². The number of anilines is 2. The number of aryl methyl sites for hydroxylation is 1. The molecule has 0 spiro atoms. The Hall–Kier alpha value is -1.75. The van der Waals surface area contributed by atoms with Crippen LogP contribution in [0, 0.1) is 11.7 Å². The fourth-order valence-corrected chi connectivity index (χ4v) is 1.31. The summed E-state index contributed by atoms with van der Waals surface area (Å²) < 4.78 is 0.368. The van der Waals surface area contributed by atoms with Crippen molar-refractivity contribution in [1.29, 1.82) is 0 Å². The quantitative estimate of drug-likeness (QED) is 0.761. The summed E-state index contributed by atoms with van der Waals surface area (Å²) in [5, 5.41) is 9.54. The summed E-state index contributed by atoms with van der Waals surface area (Å²) >= 11 is 4.87. The van der Waals surface area contributed by atoms with E-state index in [1.54, 1.807) is 6.20 Å². The summed E-state index contributed by atoms with van der Waals surface area (Å²) in [4.78, 5) is 4.08. The fourth-order valence-electron chi connectivity index (χ4n) is 1.16. The largest absolute Gasteiger partial charge is 0.339 e. The molecule has 76 valence electrons. The zero-order chi connectivity index (χ0) is 10.7. The van der Waals surface area contributed by atoms with Gasteiger partial charge in [0.05, 0.1) is 6.20 Å². The van der Waals surface area contributed by atoms with Gasteiger partial charge in [-0.2, -0.15) is 10.1 Å². The van der Waals surface area contributed by atoms with E-state index in [2.05, 4.69) is 20.5 Å². The monoisotopic (exact) mass is 218 g/mol. The van der Waals surface area contributed by atoms with Crippen LogP contribution in [0.4, 0.5) is 11.5 Å². The van der Waals surface area contributed by atoms with Crippen LogP contribution in [-0.2, 0) is 0 Å². The topological polar surface area (TPSA) is 53.6 Å². The first-order valence-electron chi connectivity index (χ1n) is 4.49. The Kier molecular flexibility index (Phi) is 2.73. The van der Waals surface area contributed by atoms with Gasteiger partial charge in [-0.15, -0.1) is 0 Å². The molecule has 5 heteroatoms. The lowest BCUT2D eigenvalue weighted by Gasteiger charge is -2.04. The number of hydrogen-bond donors (Lipinski definition) is 2. The van der Waals surface area contributed by atoms with E-state index < -0.39 is 0 Å². The second kappa shape index (κ2) is 4.18. The SMILES string of the molecule is Cc1ccc(Nc2cn[nH]c(=S)n2)cc1. The molecule has 2 N–H and O–H groups in total. The summed E-state index contributed by atoms with van der Waals surface area (Å²) in [6.07, 6.45) is 1.59. The second-order valence-corrected chi connectivity index (χ2v) is 3.55. The van der Waals surface area contributed by atoms with Crippen molar-refractivity contribution in [2.45, 2.75) is 6.92 Å². The van der Waals surface area contributed by atoms with Gasteiger partial charge < -0.3 is 5.32 Å². The molecule has 0 atom stereocenters. The molecule has 0 aliphatic carbocycles. The van der Waals surface area contributed by atoms with Crippen molar-refractivity contribution in [1.82, 2.24) is 15.2 Å². The molecule has 0 unspecified atom stereocenters. The predicted molar refractivity (Wildman–Crippen MR) is 61.7 cm³/mol. The Morgan fingerprint density at radius 1 is 1.27 bits per heavy atom. The highest BCUT2D eigenvalue weighted by Crippen LogP contribution is 2.13. The second-order valence-electron chi connectivity index (χ2n) is 3.16. The highest BCUT2D eigenvalue weighted by molar-refractivity contribution is 7.71. The first-order valence-corrected chi connectivity index (χ1v) is 4.90. The number of aromatic amines is 1. The van der Waals surface area contributed by atoms with Crippen molar-refractivity contribution in [3.63, 3.8) is 0 Å². The number of benzene rings is 1. The minimum atomic E-state index is 0.368. The Labute approximate surface area is 92.4 Å². The molecule has 1 aromatic heterocycles. The average Bonchev–Trinajstić information content (AvgIpc) is 2.22. The Morgan fingerprint density at radius 3 is 2.67 bits per heavy atom. The summed E-state index contributed by atoms with van der Waals surface area (Å²) in [7, 11) is 0. The lowest BCUT2D eigenvalue weighted by Crippen LogP contribution is -1.96. The van der Waals surface area contributed by atoms with Gasteiger partial charge in [0.15, 0.2) is 5.82 Å². The van der Waals surface area contributed by atoms with E-state index in [1.807, 2.05) is 31.2 Å². The molecule has 0 aliphatic rings. The molecule has 1 aromatic carbocycles. The molecule has 2 aromatic rings. The van der Waals surface area contributed by atoms with Crippen LogP contribution in [0.1, 0.15) is 5.56 Å². The van der Waals surface area contributed by atoms with Crippen LogP contribution in [0.3, 0.4) is 0 Å². The zero-order valence-corrected chi connectivity index (χ0v) is 9.01. The standard InChI is InChI=1S/C10H10N4S/c1-7-2-4-8(5-3-7)12-9-6-11-14-10(15)13-9/h2-6H,1H3,(H2,12,13,14,15). The lowest BCUT2D eigenvalue weighted by molar-refractivity contribution is 0.953. The first kappa shape index (κ1) is 9.79. The molecular weight excluding hydrogens is 208 g/mol. The average molecular weight is 218 g/mol. The van der Waals surface area contributed by atoms with Gasteiger partial charge in [0.1, 0.15) is 0 Å². The van der Waals surface area contributed by atoms with Crippen LogP contribution < -0.4 is 5.32 Å². The lowest BCUT2D eigenvalue weighted by atomic mass is 10.2. The molecule has 0 saturated carbocycles. The Balaban J connectivity index is 2.22. The Morgan fingerprint density at radius 2 is 2.00 bits per heavy atom. The number of rotatable bonds is 2. The van der Waals surface area contributed by atoms with Crippen LogP contribution >= 0.6 is 12.2 Å². The van der Waals surface area contributed by atoms with Gasteiger partial charge in [-0.25, -0.2) is 0 Å². The molecule has 2 rings (SSSR count). The summed E-state index contributed by atoms with van der Waals surface area (Å²) in [5.41, 5.74) is 2.19. The normalized spacial score (nSPS) is 9.93. The third-order valence-electron chi connectivity index (χ3n) is 1.89. The minimum Gasteiger partial charge on any atom is -0.339 e. The third-order valence-corrected chi connectivity index (χ3v) is 2.08. The Bertz CT molecular complexity index is 503. The molecule has 0 bridgehead atoms. The van der Waals surface area contributed by atoms with E-state index >= 15 is 0 Å². The molecule has 15 heavy (non-hydrogen) atoms. The molecule has 0 radical (unpaired) electrons. The smallest absolute Gasteiger partial charge is 0.215 e. The summed E-state index contributed by atoms with van der Waals surface area (Å²) in [6, 6.07) is 8.02. The van der Waals surface area contributed by atoms with Crippen LogP contribution in [0.5, 0.6) is 0 Å². The maximum Gasteiger partial charge on any atom is 0.215 e. The number of nitrogens with one attached hydrogen (secondary N) is 2. The maximum absolute atomic E-state index is 4.87. The van der Waals surface area contributed by atoms with Crippen molar-refractivity contribution < 1.29 is 0 Å². The zero-order valence-electron chi connectivity index (χ0n) is 8.19. The number of aromatic nitrogens is 3. The van der Waals surface area contributed by atoms with Crippen molar-refractivity contribution in [2.75, 3.05) is 5.32 Å². The highest BCUT2D eigenvalue weighted by atomic mass is 32.1. The van der Waals surface area contributed by atoms with Gasteiger partial charge in [0, 0.05) is 5.69 Å². The van der Waals surface area contributed by atoms with E-state index in [1.165, 1.54) is 5.56 Å². The molecule has 4 nitrogen and oxygen atoms in total. The molecular formula is C10H10N4S. The van der Waals surface area contributed by atoms with Crippen LogP contribution in [-0.4, -0.2) is 15.2 Å². The summed E-state index contributed by atoms with van der Waals surface area (Å²) in [6.45, 7) is 2.04. The fraction of sp³-hybridized carbons (Fsp3) is 0.100. The third kappa shape index (κ3) is 2.60. The van der Waals surface area contributed by atoms with Gasteiger partial charge in [-0.1, -0.05) is 17.7 Å². The van der Waals surface area contributed by atoms with Gasteiger partial charge in [0.25, 0.3) is 0 Å². The van der Waals surface area contributed by atoms with Crippen molar-refractivity contribution >= 4 is 23.7 Å². The predicted octanol–water partition coefficient (Wildman–Crippen LogP) is 2.59. The van der Waals surface area contributed by atoms with Gasteiger partial charge in [-0.05, 0) is 31.3 Å². The van der Waals surface area contributed by atoms with Gasteiger partial charge in [-0.3, -0.25) is 5.10 Å². The molecule has 0 aliphatic heterocycles. The molecule has 0 amide bonds. The number of H-pyrrole nitrogens is 1. The number of hydrogen-bond acceptors (Lipinski definition) is 4. The first-order chi connectivity index (χ1) is 7.24. The number of nitrogens with zero attached hydrogens (tertiary/aromatic N) is 2. The van der Waals surface area contributed by atoms with E-state index in [4.69, 9.17) is 12.2 Å². The molecule has 0 fully saturated rings. The van der Waals surface area contributed by atoms with Crippen LogP contribution in [0.25, 0.3) is 0 Å². The van der Waals surface area contributed by atoms with E-state index in [-0.39, 0.29) is 0 Å². The van der Waals surface area contributed by atoms with E-state index in [0.29, 0.717) is 10.6 Å². The van der Waals surface area contributed by atoms with Gasteiger partial charge >= 0.3 is 0 Å². The van der Waals surface area contributed by atoms with Crippen molar-refractivity contribution in [3.8, 4) is 0 Å². The molecule has 1 heterocycles. The van der Waals surface area contributed by atoms with Crippen LogP contribution in [0.15, 0.2) is 30.5 Å². The maximum atomic E-state index is 4.87.